The average Bonchev–Trinajstić information content (AvgIpc) is 2.68. The average molecular weight is 362 g/mol. The van der Waals surface area contributed by atoms with Crippen molar-refractivity contribution in [2.75, 3.05) is 20.1 Å². The van der Waals surface area contributed by atoms with Gasteiger partial charge in [0.05, 0.1) is 0 Å². The van der Waals surface area contributed by atoms with E-state index in [1.54, 1.807) is 14.0 Å². The Morgan fingerprint density at radius 3 is 2.63 bits per heavy atom. The first-order chi connectivity index (χ1) is 13.0. The number of carbonyl (C=O) groups is 1. The van der Waals surface area contributed by atoms with Crippen molar-refractivity contribution < 1.29 is 4.79 Å². The largest absolute Gasteiger partial charge is 0.401 e. The van der Waals surface area contributed by atoms with Crippen LogP contribution in [0.2, 0.25) is 0 Å². The summed E-state index contributed by atoms with van der Waals surface area (Å²) in [6.45, 7) is 4.93. The number of aryl methyl sites for hydroxylation is 1. The molecule has 2 heterocycles. The zero-order chi connectivity index (χ0) is 19.4. The van der Waals surface area contributed by atoms with Crippen molar-refractivity contribution >= 4 is 11.6 Å². The number of benzene rings is 1. The number of aromatic nitrogens is 1. The molecule has 3 rings (SSSR count). The van der Waals surface area contributed by atoms with Gasteiger partial charge >= 0.3 is 0 Å². The van der Waals surface area contributed by atoms with Gasteiger partial charge in [0.1, 0.15) is 0 Å². The Bertz CT molecular complexity index is 897. The zero-order valence-corrected chi connectivity index (χ0v) is 16.2. The number of amides is 1. The molecule has 1 aliphatic heterocycles. The third-order valence-corrected chi connectivity index (χ3v) is 5.12. The van der Waals surface area contributed by atoms with Crippen LogP contribution in [0, 0.1) is 6.92 Å². The van der Waals surface area contributed by atoms with Crippen LogP contribution in [0.15, 0.2) is 59.0 Å². The van der Waals surface area contributed by atoms with Crippen molar-refractivity contribution in [3.05, 3.63) is 65.1 Å². The number of hydrogen-bond acceptors (Lipinski definition) is 4. The molecule has 0 aliphatic carbocycles. The Kier molecular flexibility index (Phi) is 5.69. The van der Waals surface area contributed by atoms with E-state index in [0.717, 1.165) is 40.1 Å². The molecule has 5 nitrogen and oxygen atoms in total. The van der Waals surface area contributed by atoms with Crippen LogP contribution in [0.5, 0.6) is 0 Å². The van der Waals surface area contributed by atoms with Crippen LogP contribution in [0.25, 0.3) is 11.1 Å². The van der Waals surface area contributed by atoms with Crippen LogP contribution in [-0.2, 0) is 11.2 Å². The molecule has 0 atom stereocenters. The molecule has 1 aromatic heterocycles. The Hall–Kier alpha value is -2.95. The van der Waals surface area contributed by atoms with E-state index in [0.29, 0.717) is 19.5 Å². The monoisotopic (exact) mass is 362 g/mol. The lowest BCUT2D eigenvalue weighted by Gasteiger charge is -2.30. The summed E-state index contributed by atoms with van der Waals surface area (Å²) in [5.74, 6) is 0.0756. The van der Waals surface area contributed by atoms with E-state index < -0.39 is 0 Å². The first-order valence-electron chi connectivity index (χ1n) is 9.18. The Morgan fingerprint density at radius 2 is 2.00 bits per heavy atom. The highest BCUT2D eigenvalue weighted by atomic mass is 16.2. The number of carbonyl (C=O) groups excluding carboxylic acids is 1. The fourth-order valence-corrected chi connectivity index (χ4v) is 3.45. The summed E-state index contributed by atoms with van der Waals surface area (Å²) in [6, 6.07) is 10.4. The van der Waals surface area contributed by atoms with E-state index in [9.17, 15) is 4.79 Å². The highest BCUT2D eigenvalue weighted by Crippen LogP contribution is 2.24. The second-order valence-corrected chi connectivity index (χ2v) is 6.93. The number of pyridine rings is 1. The summed E-state index contributed by atoms with van der Waals surface area (Å²) >= 11 is 0. The maximum atomic E-state index is 11.7. The molecule has 27 heavy (non-hydrogen) atoms. The second-order valence-electron chi connectivity index (χ2n) is 6.93. The molecule has 1 fully saturated rings. The fraction of sp³-hybridized carbons (Fsp3) is 0.318. The normalized spacial score (nSPS) is 17.9. The summed E-state index contributed by atoms with van der Waals surface area (Å²) in [4.78, 5) is 22.2. The zero-order valence-electron chi connectivity index (χ0n) is 16.2. The molecule has 140 valence electrons. The van der Waals surface area contributed by atoms with Crippen LogP contribution >= 0.6 is 0 Å². The van der Waals surface area contributed by atoms with Crippen LogP contribution in [0.1, 0.15) is 24.5 Å². The molecule has 1 saturated heterocycles. The fourth-order valence-electron chi connectivity index (χ4n) is 3.45. The van der Waals surface area contributed by atoms with Crippen LogP contribution in [0.3, 0.4) is 0 Å². The summed E-state index contributed by atoms with van der Waals surface area (Å²) in [6.07, 6.45) is 5.10. The quantitative estimate of drug-likeness (QED) is 0.912. The molecule has 1 aliphatic rings. The van der Waals surface area contributed by atoms with Gasteiger partial charge in [0, 0.05) is 74.8 Å². The van der Waals surface area contributed by atoms with Crippen molar-refractivity contribution in [2.24, 2.45) is 10.7 Å². The number of nitrogens with zero attached hydrogens (tertiary/aromatic N) is 3. The van der Waals surface area contributed by atoms with E-state index >= 15 is 0 Å². The smallest absolute Gasteiger partial charge is 0.219 e. The van der Waals surface area contributed by atoms with E-state index in [4.69, 9.17) is 5.73 Å². The van der Waals surface area contributed by atoms with Gasteiger partial charge in [-0.25, -0.2) is 0 Å². The highest BCUT2D eigenvalue weighted by molar-refractivity contribution is 6.02. The van der Waals surface area contributed by atoms with Gasteiger partial charge in [-0.05, 0) is 29.7 Å². The molecular weight excluding hydrogens is 336 g/mol. The van der Waals surface area contributed by atoms with Crippen molar-refractivity contribution in [3.8, 4) is 11.1 Å². The lowest BCUT2D eigenvalue weighted by molar-refractivity contribution is -0.128. The number of rotatable bonds is 3. The van der Waals surface area contributed by atoms with E-state index in [1.165, 1.54) is 5.56 Å². The van der Waals surface area contributed by atoms with Crippen molar-refractivity contribution in [3.63, 3.8) is 0 Å². The van der Waals surface area contributed by atoms with Crippen molar-refractivity contribution in [2.45, 2.75) is 26.7 Å². The van der Waals surface area contributed by atoms with Crippen LogP contribution in [0.4, 0.5) is 0 Å². The maximum Gasteiger partial charge on any atom is 0.219 e. The number of hydrogen-bond donors (Lipinski definition) is 1. The molecule has 0 radical (unpaired) electrons. The first-order valence-corrected chi connectivity index (χ1v) is 9.18. The lowest BCUT2D eigenvalue weighted by Crippen LogP contribution is -2.40. The van der Waals surface area contributed by atoms with Gasteiger partial charge in [-0.3, -0.25) is 14.8 Å². The van der Waals surface area contributed by atoms with Gasteiger partial charge in [-0.15, -0.1) is 0 Å². The van der Waals surface area contributed by atoms with E-state index in [1.807, 2.05) is 23.4 Å². The number of aliphatic imine (C=N–C) groups is 1. The molecule has 0 saturated carbocycles. The number of likely N-dealkylation sites (tertiary alicyclic amines) is 1. The van der Waals surface area contributed by atoms with Gasteiger partial charge in [0.15, 0.2) is 0 Å². The molecule has 2 aromatic rings. The summed E-state index contributed by atoms with van der Waals surface area (Å²) in [5, 5.41) is 0. The molecule has 0 unspecified atom stereocenters. The van der Waals surface area contributed by atoms with Crippen LogP contribution < -0.4 is 5.73 Å². The predicted octanol–water partition coefficient (Wildman–Crippen LogP) is 3.14. The Balaban J connectivity index is 1.82. The molecular formula is C22H26N4O. The van der Waals surface area contributed by atoms with Gasteiger partial charge in [0.2, 0.25) is 5.91 Å². The number of allylic oxidation sites excluding steroid dienone is 1. The predicted molar refractivity (Wildman–Crippen MR) is 110 cm³/mol. The molecule has 0 bridgehead atoms. The summed E-state index contributed by atoms with van der Waals surface area (Å²) in [7, 11) is 1.79. The minimum Gasteiger partial charge on any atom is -0.401 e. The van der Waals surface area contributed by atoms with Gasteiger partial charge < -0.3 is 10.6 Å². The van der Waals surface area contributed by atoms with Gasteiger partial charge in [-0.2, -0.15) is 0 Å². The molecule has 1 aromatic carbocycles. The minimum atomic E-state index is 0.0756. The first kappa shape index (κ1) is 18.8. The van der Waals surface area contributed by atoms with Crippen LogP contribution in [-0.4, -0.2) is 41.6 Å². The second kappa shape index (κ2) is 8.16. The standard InChI is InChI=1S/C22H26N4O/c1-15-8-10-25-13-19(15)18-6-4-17(5-7-18)12-21(23)20-14-26(16(2)27)11-9-22(20)24-3/h4-8,10,13H,9,11-12,14,23H2,1-3H3. The molecule has 2 N–H and O–H groups in total. The summed E-state index contributed by atoms with van der Waals surface area (Å²) in [5.41, 5.74) is 13.8. The maximum absolute atomic E-state index is 11.7. The third-order valence-electron chi connectivity index (χ3n) is 5.12. The number of piperidine rings is 1. The molecule has 1 amide bonds. The minimum absolute atomic E-state index is 0.0756. The van der Waals surface area contributed by atoms with Crippen molar-refractivity contribution in [1.82, 2.24) is 9.88 Å². The van der Waals surface area contributed by atoms with E-state index in [-0.39, 0.29) is 5.91 Å². The van der Waals surface area contributed by atoms with Gasteiger partial charge in [-0.1, -0.05) is 24.3 Å². The highest BCUT2D eigenvalue weighted by Gasteiger charge is 2.23. The van der Waals surface area contributed by atoms with Gasteiger partial charge in [0.25, 0.3) is 0 Å². The van der Waals surface area contributed by atoms with E-state index in [2.05, 4.69) is 41.2 Å². The molecule has 5 heteroatoms. The lowest BCUT2D eigenvalue weighted by atomic mass is 9.95. The SMILES string of the molecule is CN=C1CCN(C(C)=O)CC1=C(N)Cc1ccc(-c2cnccc2C)cc1. The Morgan fingerprint density at radius 1 is 1.26 bits per heavy atom. The molecule has 0 spiro atoms. The third kappa shape index (κ3) is 4.25. The topological polar surface area (TPSA) is 71.6 Å². The summed E-state index contributed by atoms with van der Waals surface area (Å²) < 4.78 is 0. The Labute approximate surface area is 160 Å². The number of nitrogens with two attached hydrogens (primary N) is 1. The van der Waals surface area contributed by atoms with Crippen molar-refractivity contribution in [1.29, 1.82) is 0 Å².